The summed E-state index contributed by atoms with van der Waals surface area (Å²) in [6.45, 7) is 0.655. The molecule has 2 aromatic carbocycles. The van der Waals surface area contributed by atoms with Gasteiger partial charge in [-0.25, -0.2) is 0 Å². The summed E-state index contributed by atoms with van der Waals surface area (Å²) in [5, 5.41) is 0. The fraction of sp³-hybridized carbons (Fsp3) is 0.348. The second-order valence-corrected chi connectivity index (χ2v) is 7.18. The van der Waals surface area contributed by atoms with E-state index in [1.54, 1.807) is 16.9 Å². The topological polar surface area (TPSA) is 76.1 Å². The summed E-state index contributed by atoms with van der Waals surface area (Å²) in [6, 6.07) is 16.2. The number of methoxy groups -OCH3 is 2. The molecule has 1 saturated heterocycles. The standard InChI is InChI=1S/C23H26N2O5/c1-29-19-10-8-18(9-11-19)14-24-16-21(26)25(15-17-6-4-3-5-7-17)20(23(24)28)12-13-22(27)30-2/h3-11,20H,12-16H2,1-2H3/t20-/m1/s1. The molecule has 158 valence electrons. The lowest BCUT2D eigenvalue weighted by Crippen LogP contribution is -2.59. The molecule has 0 unspecified atom stereocenters. The molecule has 1 heterocycles. The average molecular weight is 410 g/mol. The Hall–Kier alpha value is -3.35. The maximum Gasteiger partial charge on any atom is 0.305 e. The highest BCUT2D eigenvalue weighted by Gasteiger charge is 2.39. The van der Waals surface area contributed by atoms with Crippen molar-refractivity contribution < 1.29 is 23.9 Å². The summed E-state index contributed by atoms with van der Waals surface area (Å²) in [5.41, 5.74) is 1.84. The molecule has 0 aromatic heterocycles. The van der Waals surface area contributed by atoms with E-state index in [4.69, 9.17) is 9.47 Å². The van der Waals surface area contributed by atoms with E-state index in [0.717, 1.165) is 16.9 Å². The molecule has 7 heteroatoms. The first-order valence-electron chi connectivity index (χ1n) is 9.83. The second-order valence-electron chi connectivity index (χ2n) is 7.18. The van der Waals surface area contributed by atoms with Crippen molar-refractivity contribution in [1.29, 1.82) is 0 Å². The molecule has 1 atom stereocenters. The van der Waals surface area contributed by atoms with Crippen molar-refractivity contribution in [2.75, 3.05) is 20.8 Å². The van der Waals surface area contributed by atoms with Crippen molar-refractivity contribution in [1.82, 2.24) is 9.80 Å². The van der Waals surface area contributed by atoms with Gasteiger partial charge in [0, 0.05) is 19.5 Å². The Balaban J connectivity index is 1.78. The van der Waals surface area contributed by atoms with Gasteiger partial charge in [-0.05, 0) is 29.7 Å². The minimum atomic E-state index is -0.705. The quantitative estimate of drug-likeness (QED) is 0.625. The molecule has 0 saturated carbocycles. The minimum absolute atomic E-state index is 0.00637. The van der Waals surface area contributed by atoms with Crippen molar-refractivity contribution in [3.8, 4) is 5.75 Å². The number of ether oxygens (including phenoxy) is 2. The molecular formula is C23H26N2O5. The van der Waals surface area contributed by atoms with Crippen molar-refractivity contribution >= 4 is 17.8 Å². The molecule has 30 heavy (non-hydrogen) atoms. The summed E-state index contributed by atoms with van der Waals surface area (Å²) in [5.74, 6) is 0.0269. The average Bonchev–Trinajstić information content (AvgIpc) is 2.77. The molecule has 0 aliphatic carbocycles. The van der Waals surface area contributed by atoms with Gasteiger partial charge < -0.3 is 19.3 Å². The number of nitrogens with zero attached hydrogens (tertiary/aromatic N) is 2. The van der Waals surface area contributed by atoms with Crippen LogP contribution in [0.3, 0.4) is 0 Å². The summed E-state index contributed by atoms with van der Waals surface area (Å²) in [6.07, 6.45) is 0.297. The Labute approximate surface area is 176 Å². The van der Waals surface area contributed by atoms with E-state index in [1.165, 1.54) is 7.11 Å². The van der Waals surface area contributed by atoms with E-state index in [0.29, 0.717) is 13.1 Å². The first kappa shape index (κ1) is 21.4. The number of piperazine rings is 1. The first-order valence-corrected chi connectivity index (χ1v) is 9.83. The molecule has 0 spiro atoms. The van der Waals surface area contributed by atoms with Gasteiger partial charge in [-0.15, -0.1) is 0 Å². The summed E-state index contributed by atoms with van der Waals surface area (Å²) in [4.78, 5) is 41.0. The van der Waals surface area contributed by atoms with Gasteiger partial charge in [0.05, 0.1) is 14.2 Å². The van der Waals surface area contributed by atoms with Crippen LogP contribution in [0, 0.1) is 0 Å². The number of hydrogen-bond donors (Lipinski definition) is 0. The molecule has 0 radical (unpaired) electrons. The first-order chi connectivity index (χ1) is 14.5. The molecule has 7 nitrogen and oxygen atoms in total. The minimum Gasteiger partial charge on any atom is -0.497 e. The van der Waals surface area contributed by atoms with E-state index < -0.39 is 12.0 Å². The van der Waals surface area contributed by atoms with Crippen LogP contribution in [-0.2, 0) is 32.2 Å². The van der Waals surface area contributed by atoms with Crippen LogP contribution in [0.1, 0.15) is 24.0 Å². The smallest absolute Gasteiger partial charge is 0.305 e. The number of carbonyl (C=O) groups excluding carboxylic acids is 3. The third-order valence-corrected chi connectivity index (χ3v) is 5.20. The van der Waals surface area contributed by atoms with Crippen LogP contribution in [0.4, 0.5) is 0 Å². The fourth-order valence-corrected chi connectivity index (χ4v) is 3.55. The number of benzene rings is 2. The number of amides is 2. The monoisotopic (exact) mass is 410 g/mol. The molecule has 1 aliphatic rings. The normalized spacial score (nSPS) is 16.5. The predicted octanol–water partition coefficient (Wildman–Crippen LogP) is 2.39. The lowest BCUT2D eigenvalue weighted by atomic mass is 10.0. The van der Waals surface area contributed by atoms with Crippen LogP contribution in [0.2, 0.25) is 0 Å². The molecule has 0 bridgehead atoms. The third-order valence-electron chi connectivity index (χ3n) is 5.20. The number of esters is 1. The van der Waals surface area contributed by atoms with E-state index in [9.17, 15) is 14.4 Å². The van der Waals surface area contributed by atoms with Crippen LogP contribution >= 0.6 is 0 Å². The van der Waals surface area contributed by atoms with Crippen molar-refractivity contribution in [3.63, 3.8) is 0 Å². The highest BCUT2D eigenvalue weighted by molar-refractivity contribution is 5.95. The van der Waals surface area contributed by atoms with Crippen LogP contribution in [0.15, 0.2) is 54.6 Å². The van der Waals surface area contributed by atoms with E-state index in [-0.39, 0.29) is 31.2 Å². The van der Waals surface area contributed by atoms with Gasteiger partial charge in [-0.2, -0.15) is 0 Å². The molecule has 3 rings (SSSR count). The number of hydrogen-bond acceptors (Lipinski definition) is 5. The fourth-order valence-electron chi connectivity index (χ4n) is 3.55. The lowest BCUT2D eigenvalue weighted by molar-refractivity contribution is -0.158. The maximum absolute atomic E-state index is 13.3. The Morgan fingerprint density at radius 1 is 0.967 bits per heavy atom. The summed E-state index contributed by atoms with van der Waals surface area (Å²) in [7, 11) is 2.91. The lowest BCUT2D eigenvalue weighted by Gasteiger charge is -2.40. The van der Waals surface area contributed by atoms with Gasteiger partial charge in [0.2, 0.25) is 11.8 Å². The van der Waals surface area contributed by atoms with Gasteiger partial charge >= 0.3 is 5.97 Å². The molecule has 1 fully saturated rings. The number of carbonyl (C=O) groups is 3. The van der Waals surface area contributed by atoms with E-state index in [1.807, 2.05) is 54.6 Å². The Bertz CT molecular complexity index is 882. The maximum atomic E-state index is 13.3. The molecule has 1 aliphatic heterocycles. The highest BCUT2D eigenvalue weighted by Crippen LogP contribution is 2.22. The van der Waals surface area contributed by atoms with Gasteiger partial charge in [-0.1, -0.05) is 42.5 Å². The van der Waals surface area contributed by atoms with Gasteiger partial charge in [0.1, 0.15) is 18.3 Å². The van der Waals surface area contributed by atoms with Crippen LogP contribution < -0.4 is 4.74 Å². The van der Waals surface area contributed by atoms with Crippen LogP contribution in [-0.4, -0.2) is 54.4 Å². The molecule has 2 amide bonds. The van der Waals surface area contributed by atoms with Gasteiger partial charge in [0.15, 0.2) is 0 Å². The summed E-state index contributed by atoms with van der Waals surface area (Å²) < 4.78 is 9.89. The molecule has 0 N–H and O–H groups in total. The van der Waals surface area contributed by atoms with Crippen LogP contribution in [0.5, 0.6) is 5.75 Å². The largest absolute Gasteiger partial charge is 0.497 e. The zero-order valence-electron chi connectivity index (χ0n) is 17.2. The number of rotatable bonds is 8. The van der Waals surface area contributed by atoms with E-state index in [2.05, 4.69) is 0 Å². The van der Waals surface area contributed by atoms with Crippen molar-refractivity contribution in [2.24, 2.45) is 0 Å². The molecule has 2 aromatic rings. The summed E-state index contributed by atoms with van der Waals surface area (Å²) >= 11 is 0. The van der Waals surface area contributed by atoms with Gasteiger partial charge in [-0.3, -0.25) is 14.4 Å². The van der Waals surface area contributed by atoms with Crippen molar-refractivity contribution in [3.05, 3.63) is 65.7 Å². The Morgan fingerprint density at radius 2 is 1.63 bits per heavy atom. The molecular weight excluding hydrogens is 384 g/mol. The predicted molar refractivity (Wildman–Crippen MR) is 110 cm³/mol. The Morgan fingerprint density at radius 3 is 2.27 bits per heavy atom. The van der Waals surface area contributed by atoms with Crippen molar-refractivity contribution in [2.45, 2.75) is 32.0 Å². The Kier molecular flexibility index (Phi) is 7.06. The zero-order valence-corrected chi connectivity index (χ0v) is 17.2. The van der Waals surface area contributed by atoms with Crippen LogP contribution in [0.25, 0.3) is 0 Å². The third kappa shape index (κ3) is 5.17. The second kappa shape index (κ2) is 9.91. The highest BCUT2D eigenvalue weighted by atomic mass is 16.5. The van der Waals surface area contributed by atoms with Gasteiger partial charge in [0.25, 0.3) is 0 Å². The SMILES string of the molecule is COC(=O)CC[C@@H]1C(=O)N(Cc2ccc(OC)cc2)CC(=O)N1Cc1ccccc1. The zero-order chi connectivity index (χ0) is 21.5. The van der Waals surface area contributed by atoms with E-state index >= 15 is 0 Å².